The third-order valence-corrected chi connectivity index (χ3v) is 4.35. The van der Waals surface area contributed by atoms with Gasteiger partial charge in [-0.3, -0.25) is 14.4 Å². The van der Waals surface area contributed by atoms with E-state index in [0.717, 1.165) is 5.56 Å². The van der Waals surface area contributed by atoms with Crippen molar-refractivity contribution < 1.29 is 19.5 Å². The molecule has 2 N–H and O–H groups in total. The third-order valence-electron chi connectivity index (χ3n) is 4.35. The predicted molar refractivity (Wildman–Crippen MR) is 89.2 cm³/mol. The molecule has 0 bridgehead atoms. The Kier molecular flexibility index (Phi) is 5.95. The van der Waals surface area contributed by atoms with Crippen LogP contribution in [-0.4, -0.2) is 46.9 Å². The fraction of sp³-hybridized carbons (Fsp3) is 0.500. The fourth-order valence-electron chi connectivity index (χ4n) is 2.92. The Bertz CT molecular complexity index is 600. The molecule has 2 rings (SSSR count). The first-order valence-corrected chi connectivity index (χ1v) is 8.22. The van der Waals surface area contributed by atoms with Crippen molar-refractivity contribution in [1.29, 1.82) is 0 Å². The van der Waals surface area contributed by atoms with E-state index in [1.54, 1.807) is 4.90 Å². The van der Waals surface area contributed by atoms with Gasteiger partial charge in [-0.05, 0) is 25.8 Å². The number of carboxylic acids is 1. The smallest absolute Gasteiger partial charge is 0.308 e. The lowest BCUT2D eigenvalue weighted by molar-refractivity contribution is -0.141. The summed E-state index contributed by atoms with van der Waals surface area (Å²) in [5.74, 6) is -2.29. The molecule has 1 aliphatic heterocycles. The molecule has 6 heteroatoms. The Balaban J connectivity index is 1.89. The summed E-state index contributed by atoms with van der Waals surface area (Å²) in [6, 6.07) is 9.40. The van der Waals surface area contributed by atoms with Crippen molar-refractivity contribution in [3.8, 4) is 0 Å². The van der Waals surface area contributed by atoms with Crippen molar-refractivity contribution in [3.05, 3.63) is 35.9 Å². The molecule has 1 aliphatic rings. The van der Waals surface area contributed by atoms with E-state index in [-0.39, 0.29) is 30.8 Å². The molecule has 2 amide bonds. The second-order valence-corrected chi connectivity index (χ2v) is 6.51. The van der Waals surface area contributed by atoms with Crippen LogP contribution >= 0.6 is 0 Å². The van der Waals surface area contributed by atoms with E-state index in [1.807, 2.05) is 44.2 Å². The van der Waals surface area contributed by atoms with Gasteiger partial charge >= 0.3 is 5.97 Å². The zero-order chi connectivity index (χ0) is 17.7. The highest BCUT2D eigenvalue weighted by atomic mass is 16.4. The van der Waals surface area contributed by atoms with Gasteiger partial charge in [0.1, 0.15) is 0 Å². The van der Waals surface area contributed by atoms with E-state index < -0.39 is 17.8 Å². The summed E-state index contributed by atoms with van der Waals surface area (Å²) in [6.07, 6.45) is 0.554. The summed E-state index contributed by atoms with van der Waals surface area (Å²) >= 11 is 0. The number of nitrogens with zero attached hydrogens (tertiary/aromatic N) is 1. The predicted octanol–water partition coefficient (Wildman–Crippen LogP) is 1.30. The monoisotopic (exact) mass is 332 g/mol. The summed E-state index contributed by atoms with van der Waals surface area (Å²) in [6.45, 7) is 4.30. The van der Waals surface area contributed by atoms with Crippen LogP contribution in [0.1, 0.15) is 25.8 Å². The van der Waals surface area contributed by atoms with Crippen LogP contribution in [0.3, 0.4) is 0 Å². The van der Waals surface area contributed by atoms with Crippen LogP contribution in [0.4, 0.5) is 0 Å². The topological polar surface area (TPSA) is 86.7 Å². The maximum Gasteiger partial charge on any atom is 0.308 e. The molecule has 24 heavy (non-hydrogen) atoms. The van der Waals surface area contributed by atoms with Crippen LogP contribution in [0.15, 0.2) is 30.3 Å². The molecule has 0 radical (unpaired) electrons. The number of hydrogen-bond donors (Lipinski definition) is 2. The SMILES string of the molecule is CC(C)N1C[C@H](C(=O)NC[C@@H](Cc2ccccc2)C(=O)O)CC1=O. The standard InChI is InChI=1S/C18H24N2O4/c1-12(2)20-11-15(9-16(20)21)17(22)19-10-14(18(23)24)8-13-6-4-3-5-7-13/h3-7,12,14-15H,8-11H2,1-2H3,(H,19,22)(H,23,24)/t14-,15-/m1/s1. The first-order valence-electron chi connectivity index (χ1n) is 8.22. The minimum atomic E-state index is -0.939. The number of carbonyl (C=O) groups is 3. The lowest BCUT2D eigenvalue weighted by Crippen LogP contribution is -2.39. The largest absolute Gasteiger partial charge is 0.481 e. The van der Waals surface area contributed by atoms with Crippen molar-refractivity contribution in [2.24, 2.45) is 11.8 Å². The second kappa shape index (κ2) is 7.95. The van der Waals surface area contributed by atoms with E-state index in [2.05, 4.69) is 5.32 Å². The number of rotatable bonds is 7. The Labute approximate surface area is 141 Å². The molecule has 0 aromatic heterocycles. The molecular weight excluding hydrogens is 308 g/mol. The number of nitrogens with one attached hydrogen (secondary N) is 1. The van der Waals surface area contributed by atoms with Crippen molar-refractivity contribution in [3.63, 3.8) is 0 Å². The number of likely N-dealkylation sites (tertiary alicyclic amines) is 1. The van der Waals surface area contributed by atoms with E-state index in [9.17, 15) is 19.5 Å². The van der Waals surface area contributed by atoms with Crippen LogP contribution < -0.4 is 5.32 Å². The van der Waals surface area contributed by atoms with Crippen molar-refractivity contribution in [1.82, 2.24) is 10.2 Å². The lowest BCUT2D eigenvalue weighted by Gasteiger charge is -2.21. The van der Waals surface area contributed by atoms with Gasteiger partial charge in [0.2, 0.25) is 11.8 Å². The maximum atomic E-state index is 12.3. The first-order chi connectivity index (χ1) is 11.4. The number of benzene rings is 1. The zero-order valence-corrected chi connectivity index (χ0v) is 14.1. The molecule has 1 saturated heterocycles. The number of amides is 2. The van der Waals surface area contributed by atoms with E-state index in [4.69, 9.17) is 0 Å². The molecule has 6 nitrogen and oxygen atoms in total. The Morgan fingerprint density at radius 3 is 2.50 bits per heavy atom. The molecule has 0 spiro atoms. The number of carbonyl (C=O) groups excluding carboxylic acids is 2. The number of aliphatic carboxylic acids is 1. The number of hydrogen-bond acceptors (Lipinski definition) is 3. The van der Waals surface area contributed by atoms with Gasteiger partial charge in [-0.25, -0.2) is 0 Å². The van der Waals surface area contributed by atoms with E-state index >= 15 is 0 Å². The summed E-state index contributed by atoms with van der Waals surface area (Å²) in [4.78, 5) is 37.2. The summed E-state index contributed by atoms with van der Waals surface area (Å²) in [5.41, 5.74) is 0.918. The lowest BCUT2D eigenvalue weighted by atomic mass is 9.99. The highest BCUT2D eigenvalue weighted by Crippen LogP contribution is 2.20. The van der Waals surface area contributed by atoms with Gasteiger partial charge in [0.25, 0.3) is 0 Å². The molecule has 0 aliphatic carbocycles. The van der Waals surface area contributed by atoms with Gasteiger partial charge < -0.3 is 15.3 Å². The van der Waals surface area contributed by atoms with Gasteiger partial charge in [-0.15, -0.1) is 0 Å². The van der Waals surface area contributed by atoms with Gasteiger partial charge in [0.15, 0.2) is 0 Å². The quantitative estimate of drug-likeness (QED) is 0.788. The molecule has 0 unspecified atom stereocenters. The average Bonchev–Trinajstić information content (AvgIpc) is 2.94. The molecule has 1 aromatic carbocycles. The molecular formula is C18H24N2O4. The Hall–Kier alpha value is -2.37. The molecule has 130 valence electrons. The normalized spacial score (nSPS) is 18.7. The molecule has 1 fully saturated rings. The van der Waals surface area contributed by atoms with Crippen LogP contribution in [-0.2, 0) is 20.8 Å². The number of carboxylic acid groups (broad SMARTS) is 1. The van der Waals surface area contributed by atoms with Gasteiger partial charge in [0, 0.05) is 25.6 Å². The molecule has 0 saturated carbocycles. The van der Waals surface area contributed by atoms with Gasteiger partial charge in [-0.1, -0.05) is 30.3 Å². The van der Waals surface area contributed by atoms with Crippen LogP contribution in [0.2, 0.25) is 0 Å². The summed E-state index contributed by atoms with van der Waals surface area (Å²) < 4.78 is 0. The van der Waals surface area contributed by atoms with Crippen molar-refractivity contribution in [2.45, 2.75) is 32.7 Å². The van der Waals surface area contributed by atoms with Crippen LogP contribution in [0.25, 0.3) is 0 Å². The summed E-state index contributed by atoms with van der Waals surface area (Å²) in [5, 5.41) is 12.1. The minimum Gasteiger partial charge on any atom is -0.481 e. The third kappa shape index (κ3) is 4.57. The average molecular weight is 332 g/mol. The van der Waals surface area contributed by atoms with Gasteiger partial charge in [-0.2, -0.15) is 0 Å². The van der Waals surface area contributed by atoms with E-state index in [0.29, 0.717) is 13.0 Å². The zero-order valence-electron chi connectivity index (χ0n) is 14.1. The second-order valence-electron chi connectivity index (χ2n) is 6.51. The van der Waals surface area contributed by atoms with Gasteiger partial charge in [0.05, 0.1) is 11.8 Å². The van der Waals surface area contributed by atoms with Crippen LogP contribution in [0.5, 0.6) is 0 Å². The Morgan fingerprint density at radius 2 is 1.96 bits per heavy atom. The van der Waals surface area contributed by atoms with Crippen molar-refractivity contribution in [2.75, 3.05) is 13.1 Å². The molecule has 2 atom stereocenters. The van der Waals surface area contributed by atoms with Crippen molar-refractivity contribution >= 4 is 17.8 Å². The van der Waals surface area contributed by atoms with Crippen LogP contribution in [0, 0.1) is 11.8 Å². The van der Waals surface area contributed by atoms with E-state index in [1.165, 1.54) is 0 Å². The summed E-state index contributed by atoms with van der Waals surface area (Å²) in [7, 11) is 0. The first kappa shape index (κ1) is 18.0. The fourth-order valence-corrected chi connectivity index (χ4v) is 2.92. The molecule has 1 heterocycles. The maximum absolute atomic E-state index is 12.3. The minimum absolute atomic E-state index is 0.0239. The molecule has 1 aromatic rings. The Morgan fingerprint density at radius 1 is 1.29 bits per heavy atom. The highest BCUT2D eigenvalue weighted by molar-refractivity contribution is 5.89. The highest BCUT2D eigenvalue weighted by Gasteiger charge is 2.35.